The van der Waals surface area contributed by atoms with E-state index in [9.17, 15) is 9.59 Å². The summed E-state index contributed by atoms with van der Waals surface area (Å²) in [7, 11) is 0. The summed E-state index contributed by atoms with van der Waals surface area (Å²) in [4.78, 5) is 24.7. The van der Waals surface area contributed by atoms with E-state index in [1.807, 2.05) is 61.5 Å². The SMILES string of the molecule is CC(=O)Nc1ccc(SCC(=O)NC(c2ccccc2)c2ccc(C)cc2)cc1. The average Bonchev–Trinajstić information content (AvgIpc) is 2.72. The topological polar surface area (TPSA) is 58.2 Å². The van der Waals surface area contributed by atoms with Crippen molar-refractivity contribution < 1.29 is 9.59 Å². The van der Waals surface area contributed by atoms with Gasteiger partial charge in [-0.1, -0.05) is 60.2 Å². The van der Waals surface area contributed by atoms with E-state index in [0.29, 0.717) is 5.75 Å². The van der Waals surface area contributed by atoms with Gasteiger partial charge in [-0.2, -0.15) is 0 Å². The monoisotopic (exact) mass is 404 g/mol. The molecule has 2 amide bonds. The molecule has 0 bridgehead atoms. The number of nitrogens with one attached hydrogen (secondary N) is 2. The Labute approximate surface area is 175 Å². The Hall–Kier alpha value is -3.05. The van der Waals surface area contributed by atoms with Gasteiger partial charge in [-0.25, -0.2) is 0 Å². The number of thioether (sulfide) groups is 1. The van der Waals surface area contributed by atoms with Crippen LogP contribution in [0.5, 0.6) is 0 Å². The van der Waals surface area contributed by atoms with E-state index in [2.05, 4.69) is 34.9 Å². The highest BCUT2D eigenvalue weighted by Gasteiger charge is 2.16. The molecule has 0 aliphatic carbocycles. The van der Waals surface area contributed by atoms with Crippen LogP contribution in [-0.4, -0.2) is 17.6 Å². The Kier molecular flexibility index (Phi) is 7.09. The smallest absolute Gasteiger partial charge is 0.231 e. The molecule has 1 atom stereocenters. The molecule has 3 rings (SSSR count). The van der Waals surface area contributed by atoms with Crippen LogP contribution in [-0.2, 0) is 9.59 Å². The minimum Gasteiger partial charge on any atom is -0.344 e. The predicted molar refractivity (Wildman–Crippen MR) is 119 cm³/mol. The largest absolute Gasteiger partial charge is 0.344 e. The molecule has 1 unspecified atom stereocenters. The van der Waals surface area contributed by atoms with E-state index >= 15 is 0 Å². The minimum atomic E-state index is -0.188. The average molecular weight is 405 g/mol. The van der Waals surface area contributed by atoms with E-state index in [1.54, 1.807) is 0 Å². The van der Waals surface area contributed by atoms with E-state index in [4.69, 9.17) is 0 Å². The second-order valence-corrected chi connectivity index (χ2v) is 7.86. The molecule has 0 aliphatic heterocycles. The fraction of sp³-hybridized carbons (Fsp3) is 0.167. The fourth-order valence-electron chi connectivity index (χ4n) is 2.95. The van der Waals surface area contributed by atoms with Crippen LogP contribution in [0, 0.1) is 6.92 Å². The Morgan fingerprint density at radius 2 is 1.48 bits per heavy atom. The first-order chi connectivity index (χ1) is 14.0. The number of anilines is 1. The van der Waals surface area contributed by atoms with Crippen molar-refractivity contribution in [1.29, 1.82) is 0 Å². The second kappa shape index (κ2) is 9.94. The van der Waals surface area contributed by atoms with Gasteiger partial charge in [-0.3, -0.25) is 9.59 Å². The van der Waals surface area contributed by atoms with Crippen molar-refractivity contribution in [3.8, 4) is 0 Å². The van der Waals surface area contributed by atoms with Crippen molar-refractivity contribution in [3.63, 3.8) is 0 Å². The van der Waals surface area contributed by atoms with Crippen molar-refractivity contribution >= 4 is 29.3 Å². The van der Waals surface area contributed by atoms with Crippen molar-refractivity contribution in [2.75, 3.05) is 11.1 Å². The standard InChI is InChI=1S/C24H24N2O2S/c1-17-8-10-20(11-9-17)24(19-6-4-3-5-7-19)26-23(28)16-29-22-14-12-21(13-15-22)25-18(2)27/h3-15,24H,16H2,1-2H3,(H,25,27)(H,26,28). The van der Waals surface area contributed by atoms with Crippen LogP contribution in [0.25, 0.3) is 0 Å². The first-order valence-corrected chi connectivity index (χ1v) is 10.4. The molecule has 0 heterocycles. The third-order valence-electron chi connectivity index (χ3n) is 4.39. The Balaban J connectivity index is 1.65. The maximum absolute atomic E-state index is 12.7. The number of amides is 2. The summed E-state index contributed by atoms with van der Waals surface area (Å²) in [5, 5.41) is 5.90. The first-order valence-electron chi connectivity index (χ1n) is 9.42. The highest BCUT2D eigenvalue weighted by molar-refractivity contribution is 8.00. The molecule has 0 spiro atoms. The molecule has 5 heteroatoms. The maximum Gasteiger partial charge on any atom is 0.231 e. The molecule has 0 saturated heterocycles. The third kappa shape index (κ3) is 6.22. The Morgan fingerprint density at radius 3 is 2.10 bits per heavy atom. The van der Waals surface area contributed by atoms with Crippen molar-refractivity contribution in [2.45, 2.75) is 24.8 Å². The zero-order chi connectivity index (χ0) is 20.6. The highest BCUT2D eigenvalue weighted by atomic mass is 32.2. The van der Waals surface area contributed by atoms with Crippen LogP contribution in [0.1, 0.15) is 29.7 Å². The molecule has 3 aromatic carbocycles. The zero-order valence-corrected chi connectivity index (χ0v) is 17.3. The molecule has 2 N–H and O–H groups in total. The van der Waals surface area contributed by atoms with Crippen LogP contribution in [0.4, 0.5) is 5.69 Å². The molecular formula is C24H24N2O2S. The van der Waals surface area contributed by atoms with Gasteiger partial charge in [-0.15, -0.1) is 11.8 Å². The summed E-state index contributed by atoms with van der Waals surface area (Å²) < 4.78 is 0. The highest BCUT2D eigenvalue weighted by Crippen LogP contribution is 2.24. The van der Waals surface area contributed by atoms with Crippen LogP contribution in [0.2, 0.25) is 0 Å². The molecule has 4 nitrogen and oxygen atoms in total. The lowest BCUT2D eigenvalue weighted by molar-refractivity contribution is -0.119. The van der Waals surface area contributed by atoms with E-state index in [0.717, 1.165) is 21.7 Å². The number of benzene rings is 3. The van der Waals surface area contributed by atoms with Gasteiger partial charge in [-0.05, 0) is 42.3 Å². The Bertz CT molecular complexity index is 954. The molecule has 0 aliphatic rings. The number of hydrogen-bond donors (Lipinski definition) is 2. The summed E-state index contributed by atoms with van der Waals surface area (Å²) in [5.74, 6) is 0.178. The van der Waals surface area contributed by atoms with Gasteiger partial charge in [0.2, 0.25) is 11.8 Å². The molecule has 29 heavy (non-hydrogen) atoms. The van der Waals surface area contributed by atoms with E-state index < -0.39 is 0 Å². The molecular weight excluding hydrogens is 380 g/mol. The molecule has 3 aromatic rings. The number of carbonyl (C=O) groups excluding carboxylic acids is 2. The quantitative estimate of drug-likeness (QED) is 0.548. The lowest BCUT2D eigenvalue weighted by Gasteiger charge is -2.20. The van der Waals surface area contributed by atoms with Crippen molar-refractivity contribution in [3.05, 3.63) is 95.6 Å². The third-order valence-corrected chi connectivity index (χ3v) is 5.41. The maximum atomic E-state index is 12.7. The van der Waals surface area contributed by atoms with Crippen LogP contribution < -0.4 is 10.6 Å². The van der Waals surface area contributed by atoms with Crippen molar-refractivity contribution in [1.82, 2.24) is 5.32 Å². The fourth-order valence-corrected chi connectivity index (χ4v) is 3.66. The molecule has 0 saturated carbocycles. The number of carbonyl (C=O) groups is 2. The molecule has 0 aromatic heterocycles. The van der Waals surface area contributed by atoms with Crippen LogP contribution in [0.3, 0.4) is 0 Å². The predicted octanol–water partition coefficient (Wildman–Crippen LogP) is 4.95. The lowest BCUT2D eigenvalue weighted by Crippen LogP contribution is -2.30. The summed E-state index contributed by atoms with van der Waals surface area (Å²) in [6.45, 7) is 3.53. The first kappa shape index (κ1) is 20.7. The molecule has 0 radical (unpaired) electrons. The zero-order valence-electron chi connectivity index (χ0n) is 16.5. The van der Waals surface area contributed by atoms with Gasteiger partial charge >= 0.3 is 0 Å². The van der Waals surface area contributed by atoms with Crippen LogP contribution >= 0.6 is 11.8 Å². The summed E-state index contributed by atoms with van der Waals surface area (Å²) in [6, 6.07) is 25.5. The normalized spacial score (nSPS) is 11.5. The minimum absolute atomic E-state index is 0.0321. The van der Waals surface area contributed by atoms with Gasteiger partial charge in [0.1, 0.15) is 0 Å². The van der Waals surface area contributed by atoms with E-state index in [1.165, 1.54) is 24.2 Å². The van der Waals surface area contributed by atoms with Gasteiger partial charge in [0.15, 0.2) is 0 Å². The van der Waals surface area contributed by atoms with Gasteiger partial charge in [0.05, 0.1) is 11.8 Å². The summed E-state index contributed by atoms with van der Waals surface area (Å²) >= 11 is 1.47. The van der Waals surface area contributed by atoms with Gasteiger partial charge in [0.25, 0.3) is 0 Å². The Morgan fingerprint density at radius 1 is 0.862 bits per heavy atom. The number of hydrogen-bond acceptors (Lipinski definition) is 3. The number of aryl methyl sites for hydroxylation is 1. The molecule has 148 valence electrons. The van der Waals surface area contributed by atoms with Gasteiger partial charge < -0.3 is 10.6 Å². The van der Waals surface area contributed by atoms with Crippen LogP contribution in [0.15, 0.2) is 83.8 Å². The molecule has 0 fully saturated rings. The summed E-state index contributed by atoms with van der Waals surface area (Å²) in [5.41, 5.74) is 4.04. The van der Waals surface area contributed by atoms with Gasteiger partial charge in [0, 0.05) is 17.5 Å². The summed E-state index contributed by atoms with van der Waals surface area (Å²) in [6.07, 6.45) is 0. The number of rotatable bonds is 7. The lowest BCUT2D eigenvalue weighted by atomic mass is 9.98. The second-order valence-electron chi connectivity index (χ2n) is 6.82. The van der Waals surface area contributed by atoms with Crippen molar-refractivity contribution in [2.24, 2.45) is 0 Å². The van der Waals surface area contributed by atoms with E-state index in [-0.39, 0.29) is 17.9 Å².